The van der Waals surface area contributed by atoms with Gasteiger partial charge < -0.3 is 16.8 Å². The van der Waals surface area contributed by atoms with E-state index in [9.17, 15) is 4.79 Å². The molecule has 1 amide bonds. The van der Waals surface area contributed by atoms with E-state index in [4.69, 9.17) is 11.5 Å². The Morgan fingerprint density at radius 3 is 3.00 bits per heavy atom. The number of rotatable bonds is 5. The summed E-state index contributed by atoms with van der Waals surface area (Å²) in [7, 11) is 0. The van der Waals surface area contributed by atoms with E-state index in [0.29, 0.717) is 11.5 Å². The van der Waals surface area contributed by atoms with Crippen molar-refractivity contribution < 1.29 is 4.79 Å². The molecular formula is C9H11N5OS2. The Kier molecular flexibility index (Phi) is 3.55. The molecule has 0 aliphatic carbocycles. The Labute approximate surface area is 106 Å². The maximum atomic E-state index is 11.2. The number of carbonyl (C=O) groups is 1. The van der Waals surface area contributed by atoms with Gasteiger partial charge in [-0.15, -0.1) is 11.3 Å². The van der Waals surface area contributed by atoms with Crippen molar-refractivity contribution in [2.75, 3.05) is 17.6 Å². The summed E-state index contributed by atoms with van der Waals surface area (Å²) in [5, 5.41) is 5.69. The lowest BCUT2D eigenvalue weighted by Crippen LogP contribution is -2.15. The molecule has 17 heavy (non-hydrogen) atoms. The van der Waals surface area contributed by atoms with E-state index < -0.39 is 5.91 Å². The number of nitrogen functional groups attached to an aromatic ring is 1. The lowest BCUT2D eigenvalue weighted by atomic mass is 10.3. The lowest BCUT2D eigenvalue weighted by molar-refractivity contribution is 0.100. The van der Waals surface area contributed by atoms with E-state index in [0.717, 1.165) is 23.6 Å². The second-order valence-electron chi connectivity index (χ2n) is 3.29. The van der Waals surface area contributed by atoms with Gasteiger partial charge in [-0.1, -0.05) is 0 Å². The minimum Gasteiger partial charge on any atom is -0.382 e. The highest BCUT2D eigenvalue weighted by Crippen LogP contribution is 2.25. The van der Waals surface area contributed by atoms with Crippen LogP contribution in [0.5, 0.6) is 0 Å². The fraction of sp³-hybridized carbons (Fsp3) is 0.222. The van der Waals surface area contributed by atoms with Crippen LogP contribution >= 0.6 is 22.9 Å². The van der Waals surface area contributed by atoms with Gasteiger partial charge >= 0.3 is 0 Å². The highest BCUT2D eigenvalue weighted by molar-refractivity contribution is 7.11. The molecule has 0 unspecified atom stereocenters. The zero-order chi connectivity index (χ0) is 12.3. The van der Waals surface area contributed by atoms with Crippen LogP contribution < -0.4 is 16.8 Å². The number of hydrogen-bond acceptors (Lipinski definition) is 7. The second kappa shape index (κ2) is 5.11. The van der Waals surface area contributed by atoms with E-state index in [1.165, 1.54) is 0 Å². The molecule has 0 aliphatic rings. The Balaban J connectivity index is 1.97. The van der Waals surface area contributed by atoms with Crippen molar-refractivity contribution in [1.82, 2.24) is 9.36 Å². The van der Waals surface area contributed by atoms with Crippen LogP contribution in [0, 0.1) is 0 Å². The zero-order valence-electron chi connectivity index (χ0n) is 8.84. The van der Waals surface area contributed by atoms with Gasteiger partial charge in [0.05, 0.1) is 11.2 Å². The topological polar surface area (TPSA) is 107 Å². The van der Waals surface area contributed by atoms with Gasteiger partial charge in [0.2, 0.25) is 0 Å². The van der Waals surface area contributed by atoms with Crippen LogP contribution in [0.4, 0.5) is 10.8 Å². The SMILES string of the molecule is NC(=O)c1c(N)nsc1NCCc1cscn1. The molecule has 2 aromatic rings. The minimum absolute atomic E-state index is 0.179. The van der Waals surface area contributed by atoms with E-state index >= 15 is 0 Å². The summed E-state index contributed by atoms with van der Waals surface area (Å²) < 4.78 is 3.90. The van der Waals surface area contributed by atoms with Crippen LogP contribution in [0.15, 0.2) is 10.9 Å². The molecule has 0 aliphatic heterocycles. The molecule has 5 N–H and O–H groups in total. The third-order valence-electron chi connectivity index (χ3n) is 2.12. The number of thiazole rings is 1. The van der Waals surface area contributed by atoms with Crippen molar-refractivity contribution in [1.29, 1.82) is 0 Å². The number of aromatic nitrogens is 2. The molecule has 90 valence electrons. The first-order chi connectivity index (χ1) is 8.18. The monoisotopic (exact) mass is 269 g/mol. The van der Waals surface area contributed by atoms with Crippen LogP contribution in [-0.2, 0) is 6.42 Å². The Morgan fingerprint density at radius 1 is 1.53 bits per heavy atom. The summed E-state index contributed by atoms with van der Waals surface area (Å²) in [5.74, 6) is -0.383. The molecule has 0 saturated heterocycles. The lowest BCUT2D eigenvalue weighted by Gasteiger charge is -2.03. The zero-order valence-corrected chi connectivity index (χ0v) is 10.5. The van der Waals surface area contributed by atoms with E-state index in [2.05, 4.69) is 14.7 Å². The summed E-state index contributed by atoms with van der Waals surface area (Å²) in [4.78, 5) is 15.3. The summed E-state index contributed by atoms with van der Waals surface area (Å²) in [6.07, 6.45) is 0.777. The van der Waals surface area contributed by atoms with E-state index in [1.807, 2.05) is 5.38 Å². The van der Waals surface area contributed by atoms with Crippen LogP contribution in [-0.4, -0.2) is 21.8 Å². The molecule has 0 spiro atoms. The number of anilines is 2. The molecule has 8 heteroatoms. The number of carbonyl (C=O) groups excluding carboxylic acids is 1. The summed E-state index contributed by atoms with van der Waals surface area (Å²) >= 11 is 2.69. The van der Waals surface area contributed by atoms with Crippen molar-refractivity contribution in [2.24, 2.45) is 5.73 Å². The minimum atomic E-state index is -0.563. The third-order valence-corrected chi connectivity index (χ3v) is 3.57. The van der Waals surface area contributed by atoms with Crippen molar-refractivity contribution in [2.45, 2.75) is 6.42 Å². The van der Waals surface area contributed by atoms with Crippen molar-refractivity contribution in [3.63, 3.8) is 0 Å². The molecule has 0 aromatic carbocycles. The van der Waals surface area contributed by atoms with Gasteiger partial charge in [-0.3, -0.25) is 4.79 Å². The maximum Gasteiger partial charge on any atom is 0.255 e. The van der Waals surface area contributed by atoms with Crippen molar-refractivity contribution >= 4 is 39.6 Å². The molecular weight excluding hydrogens is 258 g/mol. The van der Waals surface area contributed by atoms with Gasteiger partial charge in [0, 0.05) is 18.3 Å². The standard InChI is InChI=1S/C9H11N5OS2/c10-7-6(8(11)15)9(17-14-7)12-2-1-5-3-16-4-13-5/h3-4,12H,1-2H2,(H2,10,14)(H2,11,15). The summed E-state index contributed by atoms with van der Waals surface area (Å²) in [6, 6.07) is 0. The Bertz CT molecular complexity index is 507. The number of hydrogen-bond donors (Lipinski definition) is 3. The fourth-order valence-corrected chi connectivity index (χ4v) is 2.66. The molecule has 2 heterocycles. The molecule has 0 saturated carbocycles. The average molecular weight is 269 g/mol. The number of amides is 1. The number of nitrogens with zero attached hydrogens (tertiary/aromatic N) is 2. The van der Waals surface area contributed by atoms with Crippen molar-refractivity contribution in [3.8, 4) is 0 Å². The quantitative estimate of drug-likeness (QED) is 0.748. The average Bonchev–Trinajstić information content (AvgIpc) is 2.88. The molecule has 2 aromatic heterocycles. The first kappa shape index (κ1) is 11.8. The van der Waals surface area contributed by atoms with Gasteiger partial charge in [-0.25, -0.2) is 4.98 Å². The number of nitrogens with one attached hydrogen (secondary N) is 1. The van der Waals surface area contributed by atoms with Gasteiger partial charge in [0.15, 0.2) is 5.82 Å². The van der Waals surface area contributed by atoms with Crippen LogP contribution in [0.25, 0.3) is 0 Å². The van der Waals surface area contributed by atoms with Gasteiger partial charge in [-0.05, 0) is 11.5 Å². The Hall–Kier alpha value is -1.67. The number of nitrogens with two attached hydrogens (primary N) is 2. The van der Waals surface area contributed by atoms with Crippen LogP contribution in [0.3, 0.4) is 0 Å². The highest BCUT2D eigenvalue weighted by Gasteiger charge is 2.16. The van der Waals surface area contributed by atoms with Crippen LogP contribution in [0.2, 0.25) is 0 Å². The van der Waals surface area contributed by atoms with E-state index in [1.54, 1.807) is 16.8 Å². The molecule has 0 atom stereocenters. The highest BCUT2D eigenvalue weighted by atomic mass is 32.1. The molecule has 0 bridgehead atoms. The predicted octanol–water partition coefficient (Wildman–Crippen LogP) is 0.935. The maximum absolute atomic E-state index is 11.2. The Morgan fingerprint density at radius 2 is 2.35 bits per heavy atom. The molecule has 0 radical (unpaired) electrons. The number of primary amides is 1. The summed E-state index contributed by atoms with van der Waals surface area (Å²) in [6.45, 7) is 0.658. The van der Waals surface area contributed by atoms with Gasteiger partial charge in [-0.2, -0.15) is 4.37 Å². The van der Waals surface area contributed by atoms with Crippen molar-refractivity contribution in [3.05, 3.63) is 22.1 Å². The second-order valence-corrected chi connectivity index (χ2v) is 4.78. The van der Waals surface area contributed by atoms with Crippen LogP contribution in [0.1, 0.15) is 16.1 Å². The molecule has 2 rings (SSSR count). The molecule has 0 fully saturated rings. The third kappa shape index (κ3) is 2.71. The first-order valence-electron chi connectivity index (χ1n) is 4.84. The molecule has 6 nitrogen and oxygen atoms in total. The summed E-state index contributed by atoms with van der Waals surface area (Å²) in [5.41, 5.74) is 13.9. The fourth-order valence-electron chi connectivity index (χ4n) is 1.33. The first-order valence-corrected chi connectivity index (χ1v) is 6.56. The van der Waals surface area contributed by atoms with E-state index in [-0.39, 0.29) is 11.4 Å². The smallest absolute Gasteiger partial charge is 0.255 e. The normalized spacial score (nSPS) is 10.4. The van der Waals surface area contributed by atoms with Gasteiger partial charge in [0.1, 0.15) is 10.6 Å². The van der Waals surface area contributed by atoms with Gasteiger partial charge in [0.25, 0.3) is 5.91 Å². The largest absolute Gasteiger partial charge is 0.382 e. The predicted molar refractivity (Wildman–Crippen MR) is 69.4 cm³/mol.